The monoisotopic (exact) mass is 312 g/mol. The summed E-state index contributed by atoms with van der Waals surface area (Å²) in [5.41, 5.74) is 8.08. The molecule has 3 rings (SSSR count). The molecule has 0 saturated carbocycles. The molecule has 0 atom stereocenters. The van der Waals surface area contributed by atoms with Crippen molar-refractivity contribution < 1.29 is 4.79 Å². The molecule has 2 aromatic rings. The lowest BCUT2D eigenvalue weighted by atomic mass is 10.2. The quantitative estimate of drug-likeness (QED) is 0.522. The van der Waals surface area contributed by atoms with Crippen LogP contribution in [0.2, 0.25) is 0 Å². The Hall–Kier alpha value is -2.11. The SMILES string of the molecule is Nc1ccc(/C=C2\SC(=S)N(c3ccccc3)C2=O)cc1. The fraction of sp³-hybridized carbons (Fsp3) is 0. The molecule has 0 bridgehead atoms. The third-order valence-electron chi connectivity index (χ3n) is 3.04. The fourth-order valence-corrected chi connectivity index (χ4v) is 3.31. The zero-order chi connectivity index (χ0) is 14.8. The third-order valence-corrected chi connectivity index (χ3v) is 4.34. The maximum Gasteiger partial charge on any atom is 0.270 e. The van der Waals surface area contributed by atoms with Gasteiger partial charge in [-0.05, 0) is 35.9 Å². The second-order valence-corrected chi connectivity index (χ2v) is 6.20. The summed E-state index contributed by atoms with van der Waals surface area (Å²) in [6.07, 6.45) is 1.84. The number of para-hydroxylation sites is 1. The van der Waals surface area contributed by atoms with E-state index in [-0.39, 0.29) is 5.91 Å². The van der Waals surface area contributed by atoms with Crippen molar-refractivity contribution in [3.8, 4) is 0 Å². The highest BCUT2D eigenvalue weighted by molar-refractivity contribution is 8.27. The van der Waals surface area contributed by atoms with Gasteiger partial charge in [-0.25, -0.2) is 0 Å². The molecule has 1 saturated heterocycles. The number of thioether (sulfide) groups is 1. The van der Waals surface area contributed by atoms with Crippen LogP contribution in [0.25, 0.3) is 6.08 Å². The Morgan fingerprint density at radius 2 is 1.71 bits per heavy atom. The van der Waals surface area contributed by atoms with Gasteiger partial charge in [0.15, 0.2) is 4.32 Å². The summed E-state index contributed by atoms with van der Waals surface area (Å²) in [4.78, 5) is 14.7. The number of nitrogens with two attached hydrogens (primary N) is 1. The Morgan fingerprint density at radius 3 is 2.38 bits per heavy atom. The van der Waals surface area contributed by atoms with Gasteiger partial charge in [-0.2, -0.15) is 0 Å². The number of carbonyl (C=O) groups excluding carboxylic acids is 1. The number of nitrogen functional groups attached to an aromatic ring is 1. The molecule has 2 N–H and O–H groups in total. The first kappa shape index (κ1) is 13.9. The molecule has 0 aromatic heterocycles. The van der Waals surface area contributed by atoms with Crippen molar-refractivity contribution in [3.63, 3.8) is 0 Å². The van der Waals surface area contributed by atoms with Crippen molar-refractivity contribution in [1.82, 2.24) is 0 Å². The Bertz CT molecular complexity index is 724. The van der Waals surface area contributed by atoms with E-state index in [1.165, 1.54) is 11.8 Å². The van der Waals surface area contributed by atoms with Gasteiger partial charge in [0.1, 0.15) is 0 Å². The van der Waals surface area contributed by atoms with Gasteiger partial charge in [-0.3, -0.25) is 9.69 Å². The molecule has 1 amide bonds. The van der Waals surface area contributed by atoms with E-state index in [4.69, 9.17) is 18.0 Å². The number of hydrogen-bond donors (Lipinski definition) is 1. The van der Waals surface area contributed by atoms with Crippen LogP contribution in [0.15, 0.2) is 59.5 Å². The van der Waals surface area contributed by atoms with Crippen molar-refractivity contribution in [3.05, 3.63) is 65.1 Å². The van der Waals surface area contributed by atoms with Crippen LogP contribution in [-0.4, -0.2) is 10.2 Å². The topological polar surface area (TPSA) is 46.3 Å². The predicted molar refractivity (Wildman–Crippen MR) is 92.9 cm³/mol. The minimum atomic E-state index is -0.0898. The minimum Gasteiger partial charge on any atom is -0.399 e. The first-order chi connectivity index (χ1) is 10.1. The number of hydrogen-bond acceptors (Lipinski definition) is 4. The third kappa shape index (κ3) is 2.84. The van der Waals surface area contributed by atoms with E-state index in [2.05, 4.69) is 0 Å². The normalized spacial score (nSPS) is 16.8. The molecule has 1 fully saturated rings. The molecule has 0 aliphatic carbocycles. The average molecular weight is 312 g/mol. The van der Waals surface area contributed by atoms with Gasteiger partial charge < -0.3 is 5.73 Å². The molecular weight excluding hydrogens is 300 g/mol. The maximum absolute atomic E-state index is 12.5. The predicted octanol–water partition coefficient (Wildman–Crippen LogP) is 3.67. The summed E-state index contributed by atoms with van der Waals surface area (Å²) in [7, 11) is 0. The second kappa shape index (κ2) is 5.71. The van der Waals surface area contributed by atoms with E-state index >= 15 is 0 Å². The second-order valence-electron chi connectivity index (χ2n) is 4.52. The number of anilines is 2. The maximum atomic E-state index is 12.5. The summed E-state index contributed by atoms with van der Waals surface area (Å²) in [6, 6.07) is 16.8. The largest absolute Gasteiger partial charge is 0.399 e. The van der Waals surface area contributed by atoms with E-state index in [1.54, 1.807) is 4.90 Å². The van der Waals surface area contributed by atoms with Gasteiger partial charge in [0.25, 0.3) is 5.91 Å². The molecule has 0 radical (unpaired) electrons. The van der Waals surface area contributed by atoms with E-state index in [9.17, 15) is 4.79 Å². The number of amides is 1. The van der Waals surface area contributed by atoms with E-state index in [0.717, 1.165) is 11.3 Å². The van der Waals surface area contributed by atoms with Crippen molar-refractivity contribution in [2.24, 2.45) is 0 Å². The van der Waals surface area contributed by atoms with Crippen LogP contribution in [0.5, 0.6) is 0 Å². The number of benzene rings is 2. The lowest BCUT2D eigenvalue weighted by Crippen LogP contribution is -2.27. The first-order valence-corrected chi connectivity index (χ1v) is 7.56. The van der Waals surface area contributed by atoms with Crippen LogP contribution < -0.4 is 10.6 Å². The molecule has 5 heteroatoms. The van der Waals surface area contributed by atoms with Crippen LogP contribution in [0.1, 0.15) is 5.56 Å². The van der Waals surface area contributed by atoms with Crippen LogP contribution in [0, 0.1) is 0 Å². The Balaban J connectivity index is 1.92. The number of carbonyl (C=O) groups is 1. The summed E-state index contributed by atoms with van der Waals surface area (Å²) in [6.45, 7) is 0. The highest BCUT2D eigenvalue weighted by Crippen LogP contribution is 2.35. The number of thiocarbonyl (C=S) groups is 1. The van der Waals surface area contributed by atoms with Gasteiger partial charge in [0.05, 0.1) is 10.6 Å². The van der Waals surface area contributed by atoms with Crippen molar-refractivity contribution >= 4 is 51.7 Å². The molecule has 21 heavy (non-hydrogen) atoms. The first-order valence-electron chi connectivity index (χ1n) is 6.34. The van der Waals surface area contributed by atoms with Crippen molar-refractivity contribution in [2.45, 2.75) is 0 Å². The zero-order valence-corrected chi connectivity index (χ0v) is 12.7. The zero-order valence-electron chi connectivity index (χ0n) is 11.0. The summed E-state index contributed by atoms with van der Waals surface area (Å²) >= 11 is 6.63. The summed E-state index contributed by atoms with van der Waals surface area (Å²) in [5.74, 6) is -0.0898. The standard InChI is InChI=1S/C16H12N2OS2/c17-12-8-6-11(7-9-12)10-14-15(19)18(16(20)21-14)13-4-2-1-3-5-13/h1-10H,17H2/b14-10-. The molecule has 2 aromatic carbocycles. The highest BCUT2D eigenvalue weighted by Gasteiger charge is 2.33. The number of rotatable bonds is 2. The van der Waals surface area contributed by atoms with E-state index < -0.39 is 0 Å². The van der Waals surface area contributed by atoms with Gasteiger partial charge in [0, 0.05) is 5.69 Å². The van der Waals surface area contributed by atoms with Crippen molar-refractivity contribution in [1.29, 1.82) is 0 Å². The smallest absolute Gasteiger partial charge is 0.270 e. The molecule has 3 nitrogen and oxygen atoms in total. The van der Waals surface area contributed by atoms with Gasteiger partial charge in [-0.15, -0.1) is 0 Å². The van der Waals surface area contributed by atoms with Crippen LogP contribution in [0.3, 0.4) is 0 Å². The molecule has 1 aliphatic rings. The Kier molecular flexibility index (Phi) is 3.77. The molecule has 104 valence electrons. The molecule has 1 aliphatic heterocycles. The van der Waals surface area contributed by atoms with Gasteiger partial charge in [-0.1, -0.05) is 54.3 Å². The number of nitrogens with zero attached hydrogens (tertiary/aromatic N) is 1. The van der Waals surface area contributed by atoms with Crippen LogP contribution >= 0.6 is 24.0 Å². The lowest BCUT2D eigenvalue weighted by molar-refractivity contribution is -0.113. The van der Waals surface area contributed by atoms with Crippen LogP contribution in [0.4, 0.5) is 11.4 Å². The fourth-order valence-electron chi connectivity index (χ4n) is 2.01. The van der Waals surface area contributed by atoms with Gasteiger partial charge in [0.2, 0.25) is 0 Å². The summed E-state index contributed by atoms with van der Waals surface area (Å²) in [5, 5.41) is 0. The van der Waals surface area contributed by atoms with E-state index in [0.29, 0.717) is 14.9 Å². The molecule has 0 spiro atoms. The van der Waals surface area contributed by atoms with Crippen LogP contribution in [-0.2, 0) is 4.79 Å². The molecule has 1 heterocycles. The van der Waals surface area contributed by atoms with Gasteiger partial charge >= 0.3 is 0 Å². The van der Waals surface area contributed by atoms with Crippen molar-refractivity contribution in [2.75, 3.05) is 10.6 Å². The molecule has 0 unspecified atom stereocenters. The van der Waals surface area contributed by atoms with E-state index in [1.807, 2.05) is 60.7 Å². The highest BCUT2D eigenvalue weighted by atomic mass is 32.2. The Labute approximate surface area is 132 Å². The molecular formula is C16H12N2OS2. The average Bonchev–Trinajstić information content (AvgIpc) is 2.77. The minimum absolute atomic E-state index is 0.0898. The Morgan fingerprint density at radius 1 is 1.05 bits per heavy atom. The lowest BCUT2D eigenvalue weighted by Gasteiger charge is -2.13. The summed E-state index contributed by atoms with van der Waals surface area (Å²) < 4.78 is 0.549.